The van der Waals surface area contributed by atoms with Crippen LogP contribution in [0, 0.1) is 11.7 Å². The fourth-order valence-electron chi connectivity index (χ4n) is 4.36. The fraction of sp³-hybridized carbons (Fsp3) is 0.429. The van der Waals surface area contributed by atoms with Gasteiger partial charge in [0.25, 0.3) is 11.9 Å². The summed E-state index contributed by atoms with van der Waals surface area (Å²) in [5.41, 5.74) is 4.15. The first kappa shape index (κ1) is 22.8. The van der Waals surface area contributed by atoms with E-state index in [4.69, 9.17) is 15.2 Å². The molecule has 3 heterocycles. The number of nitrogens with zero attached hydrogens (tertiary/aromatic N) is 3. The number of nitrogens with two attached hydrogens (primary N) is 1. The summed E-state index contributed by atoms with van der Waals surface area (Å²) in [4.78, 5) is 24.4. The van der Waals surface area contributed by atoms with E-state index in [1.807, 2.05) is 0 Å². The zero-order chi connectivity index (χ0) is 23.6. The Kier molecular flexibility index (Phi) is 6.36. The molecule has 2 aliphatic heterocycles. The highest BCUT2D eigenvalue weighted by Crippen LogP contribution is 2.46. The van der Waals surface area contributed by atoms with Crippen LogP contribution in [0.2, 0.25) is 0 Å². The predicted octanol–water partition coefficient (Wildman–Crippen LogP) is 2.48. The average molecular weight is 465 g/mol. The molecule has 33 heavy (non-hydrogen) atoms. The Hall–Kier alpha value is -3.41. The lowest BCUT2D eigenvalue weighted by molar-refractivity contribution is -0.121. The highest BCUT2D eigenvalue weighted by Gasteiger charge is 2.54. The zero-order valence-corrected chi connectivity index (χ0v) is 17.6. The molecule has 0 saturated carbocycles. The first-order chi connectivity index (χ1) is 15.9. The summed E-state index contributed by atoms with van der Waals surface area (Å²) in [5, 5.41) is 2.56. The van der Waals surface area contributed by atoms with Crippen LogP contribution >= 0.6 is 0 Å². The van der Waals surface area contributed by atoms with Gasteiger partial charge in [-0.15, -0.1) is 0 Å². The second kappa shape index (κ2) is 9.22. The SMILES string of the molecule is C[C@@H]1OCC[C@H]2OC(N)=N[C@](CF)(c3cc(NC(=O)c4cnc(OCF)cn4)ccc3F)[C@@H]12. The maximum atomic E-state index is 15.0. The van der Waals surface area contributed by atoms with Gasteiger partial charge in [-0.25, -0.2) is 28.1 Å². The number of halogens is 3. The number of rotatable bonds is 6. The van der Waals surface area contributed by atoms with E-state index in [-0.39, 0.29) is 28.8 Å². The lowest BCUT2D eigenvalue weighted by atomic mass is 9.71. The summed E-state index contributed by atoms with van der Waals surface area (Å²) in [6, 6.07) is 3.50. The third kappa shape index (κ3) is 4.30. The number of amides is 1. The van der Waals surface area contributed by atoms with Gasteiger partial charge in [-0.2, -0.15) is 0 Å². The van der Waals surface area contributed by atoms with E-state index in [2.05, 4.69) is 25.0 Å². The topological polar surface area (TPSA) is 121 Å². The van der Waals surface area contributed by atoms with Crippen molar-refractivity contribution in [3.63, 3.8) is 0 Å². The fourth-order valence-corrected chi connectivity index (χ4v) is 4.36. The number of aromatic nitrogens is 2. The van der Waals surface area contributed by atoms with Crippen LogP contribution in [-0.4, -0.2) is 54.2 Å². The van der Waals surface area contributed by atoms with Crippen LogP contribution in [0.15, 0.2) is 35.6 Å². The number of aliphatic imine (C=N–C) groups is 1. The second-order valence-electron chi connectivity index (χ2n) is 7.70. The van der Waals surface area contributed by atoms with Gasteiger partial charge in [-0.1, -0.05) is 0 Å². The van der Waals surface area contributed by atoms with Crippen molar-refractivity contribution < 1.29 is 32.2 Å². The maximum Gasteiger partial charge on any atom is 0.283 e. The highest BCUT2D eigenvalue weighted by atomic mass is 19.1. The van der Waals surface area contributed by atoms with Gasteiger partial charge >= 0.3 is 0 Å². The number of hydrogen-bond acceptors (Lipinski definition) is 8. The minimum atomic E-state index is -1.69. The van der Waals surface area contributed by atoms with Gasteiger partial charge < -0.3 is 25.3 Å². The van der Waals surface area contributed by atoms with E-state index in [0.717, 1.165) is 18.5 Å². The van der Waals surface area contributed by atoms with E-state index < -0.39 is 48.9 Å². The third-order valence-electron chi connectivity index (χ3n) is 5.78. The summed E-state index contributed by atoms with van der Waals surface area (Å²) >= 11 is 0. The minimum absolute atomic E-state index is 0.0841. The molecule has 3 N–H and O–H groups in total. The molecular weight excluding hydrogens is 443 g/mol. The molecule has 1 fully saturated rings. The number of anilines is 1. The molecule has 0 radical (unpaired) electrons. The predicted molar refractivity (Wildman–Crippen MR) is 111 cm³/mol. The molecule has 4 rings (SSSR count). The first-order valence-corrected chi connectivity index (χ1v) is 10.2. The van der Waals surface area contributed by atoms with Crippen LogP contribution in [0.1, 0.15) is 29.4 Å². The minimum Gasteiger partial charge on any atom is -0.462 e. The lowest BCUT2D eigenvalue weighted by Gasteiger charge is -2.48. The molecule has 4 atom stereocenters. The van der Waals surface area contributed by atoms with Crippen molar-refractivity contribution in [2.24, 2.45) is 16.6 Å². The number of hydrogen-bond donors (Lipinski definition) is 2. The van der Waals surface area contributed by atoms with Crippen LogP contribution in [0.3, 0.4) is 0 Å². The van der Waals surface area contributed by atoms with Crippen molar-refractivity contribution >= 4 is 17.6 Å². The van der Waals surface area contributed by atoms with Crippen molar-refractivity contribution in [2.75, 3.05) is 25.5 Å². The Balaban J connectivity index is 1.67. The van der Waals surface area contributed by atoms with Crippen molar-refractivity contribution in [1.82, 2.24) is 9.97 Å². The van der Waals surface area contributed by atoms with Crippen molar-refractivity contribution in [2.45, 2.75) is 31.1 Å². The van der Waals surface area contributed by atoms with Gasteiger partial charge in [-0.05, 0) is 25.1 Å². The van der Waals surface area contributed by atoms with Gasteiger partial charge in [-0.3, -0.25) is 4.79 Å². The quantitative estimate of drug-likeness (QED) is 0.672. The number of ether oxygens (including phenoxy) is 3. The summed E-state index contributed by atoms with van der Waals surface area (Å²) < 4.78 is 57.8. The van der Waals surface area contributed by atoms with Gasteiger partial charge in [0.1, 0.15) is 29.8 Å². The number of amidine groups is 1. The Labute approximate surface area is 187 Å². The smallest absolute Gasteiger partial charge is 0.283 e. The highest BCUT2D eigenvalue weighted by molar-refractivity contribution is 6.02. The van der Waals surface area contributed by atoms with Gasteiger partial charge in [0.15, 0.2) is 0 Å². The molecular formula is C21H22F3N5O4. The Morgan fingerprint density at radius 2 is 2.15 bits per heavy atom. The number of carbonyl (C=O) groups is 1. The molecule has 0 spiro atoms. The van der Waals surface area contributed by atoms with Crippen LogP contribution in [0.5, 0.6) is 5.88 Å². The van der Waals surface area contributed by atoms with Crippen LogP contribution in [0.4, 0.5) is 18.9 Å². The van der Waals surface area contributed by atoms with Crippen LogP contribution < -0.4 is 15.8 Å². The lowest BCUT2D eigenvalue weighted by Crippen LogP contribution is -2.57. The maximum absolute atomic E-state index is 15.0. The van der Waals surface area contributed by atoms with Crippen molar-refractivity contribution in [3.8, 4) is 5.88 Å². The zero-order valence-electron chi connectivity index (χ0n) is 17.6. The van der Waals surface area contributed by atoms with E-state index in [9.17, 15) is 13.6 Å². The van der Waals surface area contributed by atoms with E-state index in [1.165, 1.54) is 12.1 Å². The number of alkyl halides is 2. The number of benzene rings is 1. The average Bonchev–Trinajstić information content (AvgIpc) is 2.80. The largest absolute Gasteiger partial charge is 0.462 e. The molecule has 1 aromatic heterocycles. The third-order valence-corrected chi connectivity index (χ3v) is 5.78. The summed E-state index contributed by atoms with van der Waals surface area (Å²) in [6.07, 6.45) is 1.66. The van der Waals surface area contributed by atoms with E-state index in [1.54, 1.807) is 6.92 Å². The summed E-state index contributed by atoms with van der Waals surface area (Å²) in [5.74, 6) is -2.11. The number of fused-ring (bicyclic) bond motifs is 1. The summed E-state index contributed by atoms with van der Waals surface area (Å²) in [6.45, 7) is 0.00702. The van der Waals surface area contributed by atoms with Crippen molar-refractivity contribution in [3.05, 3.63) is 47.7 Å². The monoisotopic (exact) mass is 465 g/mol. The molecule has 1 saturated heterocycles. The van der Waals surface area contributed by atoms with E-state index >= 15 is 4.39 Å². The first-order valence-electron chi connectivity index (χ1n) is 10.2. The molecule has 0 unspecified atom stereocenters. The Bertz CT molecular complexity index is 1050. The molecule has 1 aromatic carbocycles. The second-order valence-corrected chi connectivity index (χ2v) is 7.70. The normalized spacial score (nSPS) is 26.5. The molecule has 12 heteroatoms. The molecule has 0 bridgehead atoms. The number of carbonyl (C=O) groups excluding carboxylic acids is 1. The molecule has 1 amide bonds. The Morgan fingerprint density at radius 1 is 1.33 bits per heavy atom. The van der Waals surface area contributed by atoms with Crippen LogP contribution in [0.25, 0.3) is 0 Å². The van der Waals surface area contributed by atoms with Crippen LogP contribution in [-0.2, 0) is 15.0 Å². The number of nitrogens with one attached hydrogen (secondary N) is 1. The van der Waals surface area contributed by atoms with Gasteiger partial charge in [0.05, 0.1) is 31.0 Å². The molecule has 9 nitrogen and oxygen atoms in total. The standard InChI is InChI=1S/C21H22F3N5O4/c1-11-18-16(4-5-31-11)33-20(25)29-21(18,9-22)13-6-12(2-3-14(13)24)28-19(30)15-7-27-17(8-26-15)32-10-23/h2-3,6-8,11,16,18H,4-5,9-10H2,1H3,(H2,25,29)(H,28,30)/t11-,16+,18-,21+/m0/s1. The van der Waals surface area contributed by atoms with Gasteiger partial charge in [0.2, 0.25) is 12.7 Å². The molecule has 2 aromatic rings. The molecule has 0 aliphatic carbocycles. The Morgan fingerprint density at radius 3 is 2.85 bits per heavy atom. The summed E-state index contributed by atoms with van der Waals surface area (Å²) in [7, 11) is 0. The van der Waals surface area contributed by atoms with E-state index in [0.29, 0.717) is 13.0 Å². The van der Waals surface area contributed by atoms with Gasteiger partial charge in [0, 0.05) is 17.7 Å². The van der Waals surface area contributed by atoms with Crippen molar-refractivity contribution in [1.29, 1.82) is 0 Å². The molecule has 2 aliphatic rings. The molecule has 176 valence electrons.